The molecule has 0 aliphatic heterocycles. The van der Waals surface area contributed by atoms with Gasteiger partial charge in [0, 0.05) is 11.1 Å². The second-order valence-electron chi connectivity index (χ2n) is 11.4. The van der Waals surface area contributed by atoms with Gasteiger partial charge in [0.1, 0.15) is 16.1 Å². The molecule has 0 heterocycles. The van der Waals surface area contributed by atoms with Crippen LogP contribution in [0.3, 0.4) is 0 Å². The molecule has 0 unspecified atom stereocenters. The first-order chi connectivity index (χ1) is 11.4. The van der Waals surface area contributed by atoms with Crippen molar-refractivity contribution in [3.63, 3.8) is 0 Å². The van der Waals surface area contributed by atoms with E-state index in [-0.39, 0.29) is 0 Å². The van der Waals surface area contributed by atoms with Crippen LogP contribution in [-0.2, 0) is 0 Å². The number of benzene rings is 1. The van der Waals surface area contributed by atoms with Crippen LogP contribution in [0.5, 0.6) is 0 Å². The molecule has 142 valence electrons. The Balaban J connectivity index is 3.83. The van der Waals surface area contributed by atoms with Crippen molar-refractivity contribution in [2.45, 2.75) is 78.6 Å². The van der Waals surface area contributed by atoms with Gasteiger partial charge >= 0.3 is 0 Å². The molecule has 0 spiro atoms. The summed E-state index contributed by atoms with van der Waals surface area (Å²) in [7, 11) is -5.75. The Morgan fingerprint density at radius 3 is 1.04 bits per heavy atom. The molecule has 0 aliphatic carbocycles. The number of hydrogen-bond acceptors (Lipinski definition) is 0. The van der Waals surface area contributed by atoms with E-state index in [0.717, 1.165) is 0 Å². The van der Waals surface area contributed by atoms with Crippen molar-refractivity contribution in [2.24, 2.45) is 0 Å². The van der Waals surface area contributed by atoms with Gasteiger partial charge in [0.15, 0.2) is 0 Å². The third-order valence-corrected chi connectivity index (χ3v) is 9.73. The molecule has 0 fully saturated rings. The Morgan fingerprint density at radius 2 is 0.808 bits per heavy atom. The Labute approximate surface area is 167 Å². The predicted octanol–water partition coefficient (Wildman–Crippen LogP) is 5.23. The van der Waals surface area contributed by atoms with Gasteiger partial charge in [-0.1, -0.05) is 96.5 Å². The molecule has 0 aliphatic rings. The zero-order chi connectivity index (χ0) is 20.6. The zero-order valence-electron chi connectivity index (χ0n) is 19.2. The first-order valence-corrected chi connectivity index (χ1v) is 23.7. The Kier molecular flexibility index (Phi) is 6.87. The predicted molar refractivity (Wildman–Crippen MR) is 133 cm³/mol. The van der Waals surface area contributed by atoms with Crippen molar-refractivity contribution in [3.05, 3.63) is 23.3 Å². The summed E-state index contributed by atoms with van der Waals surface area (Å²) >= 11 is 0. The minimum absolute atomic E-state index is 1.24. The van der Waals surface area contributed by atoms with Crippen molar-refractivity contribution in [3.8, 4) is 22.9 Å². The van der Waals surface area contributed by atoms with Crippen LogP contribution in [0.15, 0.2) is 12.1 Å². The van der Waals surface area contributed by atoms with Crippen LogP contribution < -0.4 is 10.4 Å². The molecule has 0 nitrogen and oxygen atoms in total. The molecule has 0 radical (unpaired) electrons. The molecule has 0 bridgehead atoms. The van der Waals surface area contributed by atoms with Crippen LogP contribution in [0.4, 0.5) is 0 Å². The molecule has 0 atom stereocenters. The van der Waals surface area contributed by atoms with Gasteiger partial charge < -0.3 is 0 Å². The average molecular weight is 415 g/mol. The lowest BCUT2D eigenvalue weighted by Crippen LogP contribution is -2.47. The van der Waals surface area contributed by atoms with Gasteiger partial charge in [-0.15, -0.1) is 11.1 Å². The molecule has 0 saturated carbocycles. The summed E-state index contributed by atoms with van der Waals surface area (Å²) in [5.74, 6) is 7.16. The fourth-order valence-corrected chi connectivity index (χ4v) is 6.76. The van der Waals surface area contributed by atoms with E-state index in [1.54, 1.807) is 0 Å². The third-order valence-electron chi connectivity index (χ3n) is 3.92. The van der Waals surface area contributed by atoms with E-state index in [4.69, 9.17) is 0 Å². The van der Waals surface area contributed by atoms with Crippen molar-refractivity contribution in [2.75, 3.05) is 0 Å². The Morgan fingerprint density at radius 1 is 0.500 bits per heavy atom. The Bertz CT molecular complexity index is 719. The van der Waals surface area contributed by atoms with Gasteiger partial charge in [0.05, 0.1) is 16.1 Å². The van der Waals surface area contributed by atoms with Crippen LogP contribution >= 0.6 is 0 Å². The van der Waals surface area contributed by atoms with Crippen LogP contribution in [0.2, 0.25) is 78.6 Å². The van der Waals surface area contributed by atoms with E-state index in [2.05, 4.69) is 114 Å². The fraction of sp³-hybridized carbons (Fsp3) is 0.545. The molecule has 1 aromatic rings. The highest BCUT2D eigenvalue weighted by Crippen LogP contribution is 2.13. The van der Waals surface area contributed by atoms with Crippen molar-refractivity contribution >= 4 is 42.7 Å². The minimum Gasteiger partial charge on any atom is -0.127 e. The summed E-state index contributed by atoms with van der Waals surface area (Å²) in [5, 5.41) is 3.03. The van der Waals surface area contributed by atoms with Crippen molar-refractivity contribution in [1.29, 1.82) is 0 Å². The second kappa shape index (κ2) is 7.68. The lowest BCUT2D eigenvalue weighted by Gasteiger charge is -2.26. The van der Waals surface area contributed by atoms with Crippen LogP contribution in [0.25, 0.3) is 0 Å². The molecular formula is C22H38Si4. The largest absolute Gasteiger partial charge is 0.129 e. The SMILES string of the molecule is C[Si](C)(C)C#Cc1cc(C#C[Si](C)(C)C)c([Si](C)(C)C)cc1[Si](C)(C)C. The van der Waals surface area contributed by atoms with Gasteiger partial charge in [0.2, 0.25) is 0 Å². The first kappa shape index (κ1) is 23.2. The smallest absolute Gasteiger partial charge is 0.127 e. The fourth-order valence-electron chi connectivity index (χ4n) is 2.56. The molecule has 1 aromatic carbocycles. The van der Waals surface area contributed by atoms with Gasteiger partial charge in [-0.2, -0.15) is 0 Å². The van der Waals surface area contributed by atoms with E-state index >= 15 is 0 Å². The molecule has 0 amide bonds. The summed E-state index contributed by atoms with van der Waals surface area (Å²) in [4.78, 5) is 0. The molecule has 0 N–H and O–H groups in total. The minimum atomic E-state index is -1.47. The molecule has 0 saturated heterocycles. The zero-order valence-corrected chi connectivity index (χ0v) is 23.2. The Hall–Kier alpha value is -0.792. The van der Waals surface area contributed by atoms with E-state index in [9.17, 15) is 0 Å². The summed E-state index contributed by atoms with van der Waals surface area (Å²) in [5.41, 5.74) is 9.67. The second-order valence-corrected chi connectivity index (χ2v) is 31.0. The number of rotatable bonds is 2. The highest BCUT2D eigenvalue weighted by atomic mass is 28.3. The van der Waals surface area contributed by atoms with Gasteiger partial charge in [0.25, 0.3) is 0 Å². The topological polar surface area (TPSA) is 0 Å². The summed E-state index contributed by atoms with van der Waals surface area (Å²) in [6.45, 7) is 28.5. The summed E-state index contributed by atoms with van der Waals surface area (Å²) in [6.07, 6.45) is 0. The lowest BCUT2D eigenvalue weighted by atomic mass is 10.1. The molecule has 26 heavy (non-hydrogen) atoms. The van der Waals surface area contributed by atoms with Gasteiger partial charge in [-0.05, 0) is 16.4 Å². The highest BCUT2D eigenvalue weighted by molar-refractivity contribution is 6.92. The van der Waals surface area contributed by atoms with E-state index < -0.39 is 32.3 Å². The standard InChI is InChI=1S/C22H38Si4/c1-23(2,3)15-13-19-17-20(14-16-24(4,5)6)22(26(10,11)12)18-21(19)25(7,8)9/h17-18H,1-12H3. The first-order valence-electron chi connectivity index (χ1n) is 9.65. The molecule has 4 heteroatoms. The third kappa shape index (κ3) is 7.45. The summed E-state index contributed by atoms with van der Waals surface area (Å²) < 4.78 is 0. The monoisotopic (exact) mass is 414 g/mol. The maximum absolute atomic E-state index is 3.59. The quantitative estimate of drug-likeness (QED) is 0.459. The molecular weight excluding hydrogens is 377 g/mol. The highest BCUT2D eigenvalue weighted by Gasteiger charge is 2.27. The van der Waals surface area contributed by atoms with Gasteiger partial charge in [-0.25, -0.2) is 0 Å². The lowest BCUT2D eigenvalue weighted by molar-refractivity contribution is 1.60. The maximum atomic E-state index is 3.59. The van der Waals surface area contributed by atoms with Crippen LogP contribution in [-0.4, -0.2) is 32.3 Å². The molecule has 1 rings (SSSR count). The van der Waals surface area contributed by atoms with E-state index in [1.165, 1.54) is 21.5 Å². The van der Waals surface area contributed by atoms with E-state index in [1.807, 2.05) is 0 Å². The van der Waals surface area contributed by atoms with Crippen molar-refractivity contribution < 1.29 is 0 Å². The maximum Gasteiger partial charge on any atom is 0.129 e. The van der Waals surface area contributed by atoms with Gasteiger partial charge in [-0.3, -0.25) is 0 Å². The normalized spacial score (nSPS) is 12.8. The summed E-state index contributed by atoms with van der Waals surface area (Å²) in [6, 6.07) is 4.84. The van der Waals surface area contributed by atoms with Crippen LogP contribution in [0.1, 0.15) is 11.1 Å². The van der Waals surface area contributed by atoms with E-state index in [0.29, 0.717) is 0 Å². The molecule has 0 aromatic heterocycles. The average Bonchev–Trinajstić information content (AvgIpc) is 2.38. The number of hydrogen-bond donors (Lipinski definition) is 0. The van der Waals surface area contributed by atoms with Crippen molar-refractivity contribution in [1.82, 2.24) is 0 Å². The van der Waals surface area contributed by atoms with Crippen LogP contribution in [0, 0.1) is 22.9 Å².